The van der Waals surface area contributed by atoms with E-state index < -0.39 is 11.7 Å². The van der Waals surface area contributed by atoms with Crippen LogP contribution in [-0.4, -0.2) is 30.7 Å². The summed E-state index contributed by atoms with van der Waals surface area (Å²) in [6.45, 7) is 2.12. The van der Waals surface area contributed by atoms with E-state index in [0.717, 1.165) is 11.9 Å². The Morgan fingerprint density at radius 2 is 2.03 bits per heavy atom. The number of hydrogen-bond donors (Lipinski definition) is 0. The Kier molecular flexibility index (Phi) is 5.10. The van der Waals surface area contributed by atoms with Crippen molar-refractivity contribution in [1.29, 1.82) is 5.26 Å². The van der Waals surface area contributed by atoms with Crippen LogP contribution < -0.4 is 4.74 Å². The van der Waals surface area contributed by atoms with E-state index in [-0.39, 0.29) is 29.3 Å². The Bertz CT molecular complexity index is 1300. The van der Waals surface area contributed by atoms with Crippen molar-refractivity contribution < 1.29 is 17.9 Å². The average molecular weight is 426 g/mol. The minimum absolute atomic E-state index is 0.00362. The third-order valence-corrected chi connectivity index (χ3v) is 4.92. The van der Waals surface area contributed by atoms with Gasteiger partial charge in [0, 0.05) is 25.0 Å². The molecule has 0 radical (unpaired) electrons. The van der Waals surface area contributed by atoms with Crippen molar-refractivity contribution in [3.8, 4) is 23.1 Å². The third kappa shape index (κ3) is 3.82. The number of fused-ring (bicyclic) bond motifs is 1. The van der Waals surface area contributed by atoms with Crippen molar-refractivity contribution in [2.45, 2.75) is 19.6 Å². The van der Waals surface area contributed by atoms with Crippen molar-refractivity contribution in [3.05, 3.63) is 60.1 Å². The Morgan fingerprint density at radius 3 is 2.71 bits per heavy atom. The van der Waals surface area contributed by atoms with Crippen LogP contribution >= 0.6 is 0 Å². The normalized spacial score (nSPS) is 11.6. The number of pyridine rings is 1. The summed E-state index contributed by atoms with van der Waals surface area (Å²) in [4.78, 5) is 12.5. The molecule has 10 heteroatoms. The van der Waals surface area contributed by atoms with Crippen molar-refractivity contribution in [2.75, 3.05) is 6.61 Å². The van der Waals surface area contributed by atoms with Crippen molar-refractivity contribution in [2.24, 2.45) is 7.05 Å². The summed E-state index contributed by atoms with van der Waals surface area (Å²) in [6.07, 6.45) is 0.242. The molecule has 4 aromatic rings. The molecule has 7 nitrogen and oxygen atoms in total. The Balaban J connectivity index is 1.80. The Hall–Kier alpha value is -3.87. The van der Waals surface area contributed by atoms with Crippen LogP contribution in [0.25, 0.3) is 22.3 Å². The molecule has 0 spiro atoms. The van der Waals surface area contributed by atoms with E-state index in [0.29, 0.717) is 17.6 Å². The zero-order chi connectivity index (χ0) is 22.2. The van der Waals surface area contributed by atoms with Gasteiger partial charge < -0.3 is 13.9 Å². The second-order valence-electron chi connectivity index (χ2n) is 6.89. The Morgan fingerprint density at radius 1 is 1.23 bits per heavy atom. The molecule has 1 aromatic carbocycles. The van der Waals surface area contributed by atoms with Gasteiger partial charge in [-0.25, -0.2) is 15.0 Å². The molecule has 4 rings (SSSR count). The molecular formula is C21H17F3N6O. The number of ether oxygens (including phenoxy) is 1. The average Bonchev–Trinajstić information content (AvgIpc) is 3.32. The van der Waals surface area contributed by atoms with Crippen molar-refractivity contribution in [1.82, 2.24) is 24.1 Å². The van der Waals surface area contributed by atoms with Crippen molar-refractivity contribution in [3.63, 3.8) is 0 Å². The first-order valence-corrected chi connectivity index (χ1v) is 9.33. The minimum Gasteiger partial charge on any atom is -0.490 e. The highest BCUT2D eigenvalue weighted by Gasteiger charge is 2.36. The number of halogens is 3. The topological polar surface area (TPSA) is 81.5 Å². The first kappa shape index (κ1) is 20.4. The Labute approximate surface area is 175 Å². The van der Waals surface area contributed by atoms with Crippen LogP contribution in [0.2, 0.25) is 0 Å². The fourth-order valence-corrected chi connectivity index (χ4v) is 3.35. The zero-order valence-corrected chi connectivity index (χ0v) is 16.7. The second-order valence-corrected chi connectivity index (χ2v) is 6.89. The molecule has 0 fully saturated rings. The van der Waals surface area contributed by atoms with E-state index in [1.807, 2.05) is 6.07 Å². The summed E-state index contributed by atoms with van der Waals surface area (Å²) in [7, 11) is 1.73. The number of rotatable bonds is 5. The highest BCUT2D eigenvalue weighted by Crippen LogP contribution is 2.42. The van der Waals surface area contributed by atoms with Crippen LogP contribution in [0.1, 0.15) is 17.1 Å². The largest absolute Gasteiger partial charge is 0.490 e. The van der Waals surface area contributed by atoms with Gasteiger partial charge >= 0.3 is 6.18 Å². The van der Waals surface area contributed by atoms with Crippen LogP contribution in [0.5, 0.6) is 5.75 Å². The van der Waals surface area contributed by atoms with Gasteiger partial charge in [0.25, 0.3) is 0 Å². The summed E-state index contributed by atoms with van der Waals surface area (Å²) in [5.41, 5.74) is 0.449. The van der Waals surface area contributed by atoms with E-state index in [2.05, 4.69) is 15.0 Å². The molecule has 3 aromatic heterocycles. The summed E-state index contributed by atoms with van der Waals surface area (Å²) >= 11 is 0. The first-order valence-electron chi connectivity index (χ1n) is 9.33. The number of alkyl halides is 3. The SMILES string of the molecule is Cc1nccn1CCOc1c(-c2cc3c(ncn3C)c(C#N)n2)cccc1C(F)(F)F. The van der Waals surface area contributed by atoms with E-state index >= 15 is 0 Å². The predicted octanol–water partition coefficient (Wildman–Crippen LogP) is 4.11. The lowest BCUT2D eigenvalue weighted by atomic mass is 10.0. The number of hydrogen-bond acceptors (Lipinski definition) is 5. The lowest BCUT2D eigenvalue weighted by Gasteiger charge is -2.18. The number of para-hydroxylation sites is 1. The van der Waals surface area contributed by atoms with Gasteiger partial charge in [-0.05, 0) is 25.1 Å². The quantitative estimate of drug-likeness (QED) is 0.480. The summed E-state index contributed by atoms with van der Waals surface area (Å²) in [5, 5.41) is 9.46. The summed E-state index contributed by atoms with van der Waals surface area (Å²) in [5.74, 6) is 0.403. The molecular weight excluding hydrogens is 409 g/mol. The molecule has 0 saturated carbocycles. The lowest BCUT2D eigenvalue weighted by Crippen LogP contribution is -2.14. The van der Waals surface area contributed by atoms with Crippen LogP contribution in [0.4, 0.5) is 13.2 Å². The number of aromatic nitrogens is 5. The molecule has 0 aliphatic carbocycles. The zero-order valence-electron chi connectivity index (χ0n) is 16.7. The number of aryl methyl sites for hydroxylation is 2. The summed E-state index contributed by atoms with van der Waals surface area (Å²) < 4.78 is 50.3. The van der Waals surface area contributed by atoms with Gasteiger partial charge in [0.15, 0.2) is 5.69 Å². The molecule has 0 atom stereocenters. The van der Waals surface area contributed by atoms with Gasteiger partial charge in [-0.3, -0.25) is 0 Å². The van der Waals surface area contributed by atoms with E-state index in [9.17, 15) is 18.4 Å². The molecule has 0 aliphatic rings. The number of nitrogens with zero attached hydrogens (tertiary/aromatic N) is 6. The maximum Gasteiger partial charge on any atom is 0.419 e. The molecule has 31 heavy (non-hydrogen) atoms. The fraction of sp³-hybridized carbons (Fsp3) is 0.238. The molecule has 158 valence electrons. The van der Waals surface area contributed by atoms with Crippen LogP contribution in [0.3, 0.4) is 0 Å². The highest BCUT2D eigenvalue weighted by molar-refractivity contribution is 5.85. The highest BCUT2D eigenvalue weighted by atomic mass is 19.4. The number of benzene rings is 1. The van der Waals surface area contributed by atoms with Crippen molar-refractivity contribution >= 4 is 11.0 Å². The number of nitriles is 1. The van der Waals surface area contributed by atoms with Gasteiger partial charge in [0.1, 0.15) is 29.8 Å². The van der Waals surface area contributed by atoms with Gasteiger partial charge in [-0.2, -0.15) is 18.4 Å². The van der Waals surface area contributed by atoms with E-state index in [1.54, 1.807) is 41.6 Å². The van der Waals surface area contributed by atoms with Crippen LogP contribution in [-0.2, 0) is 19.8 Å². The molecule has 0 amide bonds. The van der Waals surface area contributed by atoms with Crippen LogP contribution in [0.15, 0.2) is 43.0 Å². The molecule has 0 aliphatic heterocycles. The molecule has 0 unspecified atom stereocenters. The van der Waals surface area contributed by atoms with Crippen LogP contribution in [0, 0.1) is 18.3 Å². The van der Waals surface area contributed by atoms with Gasteiger partial charge in [-0.1, -0.05) is 6.07 Å². The molecule has 0 N–H and O–H groups in total. The van der Waals surface area contributed by atoms with Gasteiger partial charge in [-0.15, -0.1) is 0 Å². The fourth-order valence-electron chi connectivity index (χ4n) is 3.35. The monoisotopic (exact) mass is 426 g/mol. The minimum atomic E-state index is -4.62. The molecule has 0 bridgehead atoms. The van der Waals surface area contributed by atoms with E-state index in [4.69, 9.17) is 4.74 Å². The molecule has 0 saturated heterocycles. The number of imidazole rings is 2. The summed E-state index contributed by atoms with van der Waals surface area (Å²) in [6, 6.07) is 7.33. The lowest BCUT2D eigenvalue weighted by molar-refractivity contribution is -0.138. The maximum atomic E-state index is 13.7. The smallest absolute Gasteiger partial charge is 0.419 e. The third-order valence-electron chi connectivity index (χ3n) is 4.92. The first-order chi connectivity index (χ1) is 14.8. The molecule has 3 heterocycles. The standard InChI is InChI=1S/C21H17F3N6O/c1-13-26-6-7-30(13)8-9-31-20-14(4-3-5-15(20)21(22,23)24)16-10-18-19(17(11-25)28-16)27-12-29(18)2/h3-7,10,12H,8-9H2,1-2H3. The van der Waals surface area contributed by atoms with E-state index in [1.165, 1.54) is 18.5 Å². The van der Waals surface area contributed by atoms with Gasteiger partial charge in [0.2, 0.25) is 0 Å². The van der Waals surface area contributed by atoms with Gasteiger partial charge in [0.05, 0.1) is 29.6 Å². The second kappa shape index (κ2) is 7.75. The predicted molar refractivity (Wildman–Crippen MR) is 106 cm³/mol. The maximum absolute atomic E-state index is 13.7.